The van der Waals surface area contributed by atoms with Gasteiger partial charge in [0.1, 0.15) is 6.04 Å². The number of esters is 1. The lowest BCUT2D eigenvalue weighted by Crippen LogP contribution is -2.59. The molecule has 9 nitrogen and oxygen atoms in total. The third-order valence-electron chi connectivity index (χ3n) is 5.65. The van der Waals surface area contributed by atoms with Gasteiger partial charge in [0.2, 0.25) is 17.7 Å². The van der Waals surface area contributed by atoms with Gasteiger partial charge in [0, 0.05) is 18.8 Å². The van der Waals surface area contributed by atoms with Gasteiger partial charge in [0.25, 0.3) is 0 Å². The van der Waals surface area contributed by atoms with Crippen molar-refractivity contribution >= 4 is 29.4 Å². The van der Waals surface area contributed by atoms with E-state index in [1.54, 1.807) is 19.1 Å². The summed E-state index contributed by atoms with van der Waals surface area (Å²) in [5.74, 6) is -1.11. The number of rotatable bonds is 7. The standard InChI is InChI=1S/C22H30N4O5/c1-2-31-22(30)16-8-11-25(12-9-16)15-20(28)26-13-10-23-21(29)18(26)14-19(27)24-17-6-4-3-5-7-17/h3-7,16,18H,2,8-15H2,1H3,(H,23,29)(H,24,27). The maximum absolute atomic E-state index is 13.0. The molecule has 2 N–H and O–H groups in total. The molecule has 3 rings (SSSR count). The first-order valence-corrected chi connectivity index (χ1v) is 10.8. The first kappa shape index (κ1) is 22.7. The number of ether oxygens (including phenoxy) is 1. The molecule has 0 radical (unpaired) electrons. The zero-order valence-corrected chi connectivity index (χ0v) is 17.8. The van der Waals surface area contributed by atoms with Crippen LogP contribution in [0.5, 0.6) is 0 Å². The molecule has 31 heavy (non-hydrogen) atoms. The molecule has 3 amide bonds. The fourth-order valence-corrected chi connectivity index (χ4v) is 3.99. The number of nitrogens with one attached hydrogen (secondary N) is 2. The lowest BCUT2D eigenvalue weighted by atomic mass is 9.97. The molecule has 0 bridgehead atoms. The highest BCUT2D eigenvalue weighted by molar-refractivity contribution is 5.97. The van der Waals surface area contributed by atoms with Crippen molar-refractivity contribution in [2.24, 2.45) is 5.92 Å². The molecule has 1 unspecified atom stereocenters. The smallest absolute Gasteiger partial charge is 0.309 e. The largest absolute Gasteiger partial charge is 0.466 e. The van der Waals surface area contributed by atoms with Crippen molar-refractivity contribution in [3.05, 3.63) is 30.3 Å². The summed E-state index contributed by atoms with van der Waals surface area (Å²) in [6, 6.07) is 8.17. The number of amides is 3. The molecule has 0 aromatic heterocycles. The van der Waals surface area contributed by atoms with E-state index in [1.807, 2.05) is 23.1 Å². The zero-order chi connectivity index (χ0) is 22.2. The van der Waals surface area contributed by atoms with Gasteiger partial charge in [-0.25, -0.2) is 0 Å². The van der Waals surface area contributed by atoms with Crippen LogP contribution in [0.4, 0.5) is 5.69 Å². The van der Waals surface area contributed by atoms with Crippen LogP contribution in [0.15, 0.2) is 30.3 Å². The van der Waals surface area contributed by atoms with Crippen molar-refractivity contribution in [3.8, 4) is 0 Å². The molecule has 0 spiro atoms. The van der Waals surface area contributed by atoms with Crippen LogP contribution in [-0.2, 0) is 23.9 Å². The molecule has 0 aliphatic carbocycles. The predicted octanol–water partition coefficient (Wildman–Crippen LogP) is 0.617. The summed E-state index contributed by atoms with van der Waals surface area (Å²) in [6.45, 7) is 4.30. The number of para-hydroxylation sites is 1. The van der Waals surface area contributed by atoms with Crippen LogP contribution in [0.25, 0.3) is 0 Å². The van der Waals surface area contributed by atoms with E-state index < -0.39 is 6.04 Å². The fraction of sp³-hybridized carbons (Fsp3) is 0.545. The Morgan fingerprint density at radius 3 is 2.52 bits per heavy atom. The molecule has 2 saturated heterocycles. The maximum Gasteiger partial charge on any atom is 0.309 e. The van der Waals surface area contributed by atoms with E-state index in [9.17, 15) is 19.2 Å². The Hall–Kier alpha value is -2.94. The van der Waals surface area contributed by atoms with E-state index in [0.29, 0.717) is 51.3 Å². The highest BCUT2D eigenvalue weighted by atomic mass is 16.5. The van der Waals surface area contributed by atoms with Crippen molar-refractivity contribution in [2.75, 3.05) is 44.6 Å². The molecular formula is C22H30N4O5. The lowest BCUT2D eigenvalue weighted by Gasteiger charge is -2.37. The Kier molecular flexibility index (Phi) is 8.00. The van der Waals surface area contributed by atoms with Crippen LogP contribution in [0, 0.1) is 5.92 Å². The Morgan fingerprint density at radius 1 is 1.13 bits per heavy atom. The van der Waals surface area contributed by atoms with Crippen LogP contribution in [0.2, 0.25) is 0 Å². The summed E-state index contributed by atoms with van der Waals surface area (Å²) in [4.78, 5) is 53.2. The van der Waals surface area contributed by atoms with Crippen LogP contribution in [0.3, 0.4) is 0 Å². The van der Waals surface area contributed by atoms with Gasteiger partial charge in [-0.05, 0) is 45.0 Å². The van der Waals surface area contributed by atoms with Gasteiger partial charge < -0.3 is 20.3 Å². The quantitative estimate of drug-likeness (QED) is 0.614. The summed E-state index contributed by atoms with van der Waals surface area (Å²) >= 11 is 0. The van der Waals surface area contributed by atoms with Crippen LogP contribution in [-0.4, -0.2) is 78.9 Å². The topological polar surface area (TPSA) is 108 Å². The fourth-order valence-electron chi connectivity index (χ4n) is 3.99. The van der Waals surface area contributed by atoms with Gasteiger partial charge in [-0.3, -0.25) is 24.1 Å². The third-order valence-corrected chi connectivity index (χ3v) is 5.65. The van der Waals surface area contributed by atoms with Crippen LogP contribution in [0.1, 0.15) is 26.2 Å². The molecule has 0 saturated carbocycles. The average Bonchev–Trinajstić information content (AvgIpc) is 2.76. The number of hydrogen-bond acceptors (Lipinski definition) is 6. The van der Waals surface area contributed by atoms with E-state index in [-0.39, 0.29) is 42.6 Å². The van der Waals surface area contributed by atoms with Gasteiger partial charge in [-0.15, -0.1) is 0 Å². The number of hydrogen-bond donors (Lipinski definition) is 2. The second kappa shape index (κ2) is 10.9. The van der Waals surface area contributed by atoms with E-state index in [2.05, 4.69) is 10.6 Å². The third kappa shape index (κ3) is 6.27. The number of piperazine rings is 1. The van der Waals surface area contributed by atoms with Gasteiger partial charge in [-0.2, -0.15) is 0 Å². The van der Waals surface area contributed by atoms with E-state index >= 15 is 0 Å². The first-order valence-electron chi connectivity index (χ1n) is 10.8. The molecule has 2 fully saturated rings. The van der Waals surface area contributed by atoms with Gasteiger partial charge in [0.15, 0.2) is 0 Å². The van der Waals surface area contributed by atoms with Crippen molar-refractivity contribution < 1.29 is 23.9 Å². The van der Waals surface area contributed by atoms with Crippen LogP contribution >= 0.6 is 0 Å². The van der Waals surface area contributed by atoms with Gasteiger partial charge >= 0.3 is 5.97 Å². The Labute approximate surface area is 182 Å². The predicted molar refractivity (Wildman–Crippen MR) is 114 cm³/mol. The lowest BCUT2D eigenvalue weighted by molar-refractivity contribution is -0.150. The molecule has 1 aromatic carbocycles. The molecule has 2 aliphatic rings. The summed E-state index contributed by atoms with van der Waals surface area (Å²) in [5.41, 5.74) is 0.645. The Balaban J connectivity index is 1.54. The molecule has 1 atom stereocenters. The van der Waals surface area contributed by atoms with E-state index in [0.717, 1.165) is 0 Å². The second-order valence-corrected chi connectivity index (χ2v) is 7.81. The Bertz CT molecular complexity index is 792. The number of anilines is 1. The van der Waals surface area contributed by atoms with E-state index in [4.69, 9.17) is 4.74 Å². The molecular weight excluding hydrogens is 400 g/mol. The molecule has 2 aliphatic heterocycles. The summed E-state index contributed by atoms with van der Waals surface area (Å²) < 4.78 is 5.08. The number of carbonyl (C=O) groups excluding carboxylic acids is 4. The average molecular weight is 431 g/mol. The molecule has 2 heterocycles. The minimum atomic E-state index is -0.831. The summed E-state index contributed by atoms with van der Waals surface area (Å²) in [5, 5.41) is 5.51. The van der Waals surface area contributed by atoms with E-state index in [1.165, 1.54) is 4.90 Å². The highest BCUT2D eigenvalue weighted by Gasteiger charge is 2.36. The van der Waals surface area contributed by atoms with Gasteiger partial charge in [0.05, 0.1) is 25.5 Å². The number of likely N-dealkylation sites (tertiary alicyclic amines) is 1. The summed E-state index contributed by atoms with van der Waals surface area (Å²) in [6.07, 6.45) is 1.20. The van der Waals surface area contributed by atoms with Crippen molar-refractivity contribution in [1.29, 1.82) is 0 Å². The van der Waals surface area contributed by atoms with Gasteiger partial charge in [-0.1, -0.05) is 18.2 Å². The first-order chi connectivity index (χ1) is 15.0. The SMILES string of the molecule is CCOC(=O)C1CCN(CC(=O)N2CCNC(=O)C2CC(=O)Nc2ccccc2)CC1. The van der Waals surface area contributed by atoms with Crippen molar-refractivity contribution in [1.82, 2.24) is 15.1 Å². The van der Waals surface area contributed by atoms with Crippen LogP contribution < -0.4 is 10.6 Å². The molecule has 168 valence electrons. The van der Waals surface area contributed by atoms with Crippen molar-refractivity contribution in [3.63, 3.8) is 0 Å². The Morgan fingerprint density at radius 2 is 1.84 bits per heavy atom. The zero-order valence-electron chi connectivity index (χ0n) is 17.8. The number of benzene rings is 1. The normalized spacial score (nSPS) is 20.1. The monoisotopic (exact) mass is 430 g/mol. The van der Waals surface area contributed by atoms with Crippen molar-refractivity contribution in [2.45, 2.75) is 32.2 Å². The molecule has 9 heteroatoms. The second-order valence-electron chi connectivity index (χ2n) is 7.81. The number of carbonyl (C=O) groups is 4. The maximum atomic E-state index is 13.0. The minimum Gasteiger partial charge on any atom is -0.466 e. The number of nitrogens with zero attached hydrogens (tertiary/aromatic N) is 2. The minimum absolute atomic E-state index is 0.0998. The highest BCUT2D eigenvalue weighted by Crippen LogP contribution is 2.19. The number of piperidine rings is 1. The summed E-state index contributed by atoms with van der Waals surface area (Å²) in [7, 11) is 0. The molecule has 1 aromatic rings.